The fourth-order valence-corrected chi connectivity index (χ4v) is 3.78. The Labute approximate surface area is 117 Å². The molecule has 2 aromatic rings. The number of anilines is 1. The van der Waals surface area contributed by atoms with E-state index in [9.17, 15) is 8.42 Å². The molecule has 0 amide bonds. The van der Waals surface area contributed by atoms with Crippen molar-refractivity contribution in [3.05, 3.63) is 33.5 Å². The second-order valence-electron chi connectivity index (χ2n) is 3.60. The van der Waals surface area contributed by atoms with Crippen LogP contribution in [0, 0.1) is 13.8 Å². The van der Waals surface area contributed by atoms with E-state index in [0.29, 0.717) is 9.60 Å². The summed E-state index contributed by atoms with van der Waals surface area (Å²) in [7, 11) is -3.63. The van der Waals surface area contributed by atoms with Crippen LogP contribution in [0.1, 0.15) is 10.6 Å². The van der Waals surface area contributed by atoms with Gasteiger partial charge in [0.15, 0.2) is 5.13 Å². The topological polar surface area (TPSA) is 72.0 Å². The second kappa shape index (κ2) is 4.94. The molecule has 0 fully saturated rings. The first-order valence-corrected chi connectivity index (χ1v) is 8.05. The van der Waals surface area contributed by atoms with Gasteiger partial charge in [-0.2, -0.15) is 0 Å². The summed E-state index contributed by atoms with van der Waals surface area (Å²) < 4.78 is 27.2. The minimum absolute atomic E-state index is 0.0994. The number of thiazole rings is 1. The van der Waals surface area contributed by atoms with Gasteiger partial charge in [-0.25, -0.2) is 13.4 Å². The van der Waals surface area contributed by atoms with Crippen LogP contribution in [0.5, 0.6) is 0 Å². The second-order valence-corrected chi connectivity index (χ2v) is 7.41. The predicted octanol–water partition coefficient (Wildman–Crippen LogP) is 2.72. The molecule has 18 heavy (non-hydrogen) atoms. The number of hydrogen-bond acceptors (Lipinski definition) is 5. The number of nitrogens with one attached hydrogen (secondary N) is 1. The molecule has 5 nitrogen and oxygen atoms in total. The minimum Gasteiger partial charge on any atom is -0.262 e. The average molecular weight is 348 g/mol. The largest absolute Gasteiger partial charge is 0.265 e. The predicted molar refractivity (Wildman–Crippen MR) is 74.3 cm³/mol. The highest BCUT2D eigenvalue weighted by Crippen LogP contribution is 2.24. The third-order valence-electron chi connectivity index (χ3n) is 2.24. The molecular formula is C10H10BrN3O2S2. The standard InChI is InChI=1S/C10H10BrN3O2S2/c1-6-7(2)17-10(13-6)14-18(15,16)9-3-8(11)4-12-5-9/h3-5H,1-2H3,(H,13,14). The van der Waals surface area contributed by atoms with Crippen LogP contribution in [0.3, 0.4) is 0 Å². The first kappa shape index (κ1) is 13.4. The maximum absolute atomic E-state index is 12.1. The van der Waals surface area contributed by atoms with Gasteiger partial charge < -0.3 is 0 Å². The summed E-state index contributed by atoms with van der Waals surface area (Å²) in [6.45, 7) is 3.73. The number of rotatable bonds is 3. The van der Waals surface area contributed by atoms with E-state index >= 15 is 0 Å². The average Bonchev–Trinajstić information content (AvgIpc) is 2.57. The summed E-state index contributed by atoms with van der Waals surface area (Å²) in [5, 5.41) is 0.366. The Balaban J connectivity index is 2.33. The van der Waals surface area contributed by atoms with Gasteiger partial charge in [0.25, 0.3) is 10.0 Å². The molecule has 0 spiro atoms. The Morgan fingerprint density at radius 1 is 1.33 bits per heavy atom. The van der Waals surface area contributed by atoms with Crippen molar-refractivity contribution in [3.63, 3.8) is 0 Å². The lowest BCUT2D eigenvalue weighted by molar-refractivity contribution is 0.600. The Hall–Kier alpha value is -0.990. The summed E-state index contributed by atoms with van der Waals surface area (Å²) in [5.74, 6) is 0. The number of halogens is 1. The Morgan fingerprint density at radius 2 is 2.06 bits per heavy atom. The smallest absolute Gasteiger partial charge is 0.262 e. The van der Waals surface area contributed by atoms with E-state index in [-0.39, 0.29) is 4.90 Å². The van der Waals surface area contributed by atoms with E-state index in [1.807, 2.05) is 13.8 Å². The minimum atomic E-state index is -3.63. The lowest BCUT2D eigenvalue weighted by Gasteiger charge is -2.04. The molecule has 0 bridgehead atoms. The molecule has 2 rings (SSSR count). The maximum Gasteiger partial charge on any atom is 0.265 e. The van der Waals surface area contributed by atoms with Gasteiger partial charge >= 0.3 is 0 Å². The number of sulfonamides is 1. The lowest BCUT2D eigenvalue weighted by atomic mass is 10.4. The van der Waals surface area contributed by atoms with Gasteiger partial charge in [-0.05, 0) is 35.8 Å². The van der Waals surface area contributed by atoms with Crippen molar-refractivity contribution in [2.45, 2.75) is 18.7 Å². The molecule has 0 saturated carbocycles. The molecule has 0 saturated heterocycles. The maximum atomic E-state index is 12.1. The van der Waals surface area contributed by atoms with E-state index in [0.717, 1.165) is 10.6 Å². The van der Waals surface area contributed by atoms with E-state index in [2.05, 4.69) is 30.6 Å². The normalized spacial score (nSPS) is 11.5. The summed E-state index contributed by atoms with van der Waals surface area (Å²) in [6.07, 6.45) is 2.82. The zero-order valence-electron chi connectivity index (χ0n) is 9.64. The number of pyridine rings is 1. The van der Waals surface area contributed by atoms with Crippen LogP contribution in [-0.4, -0.2) is 18.4 Å². The van der Waals surface area contributed by atoms with Crippen LogP contribution in [0.2, 0.25) is 0 Å². The molecule has 0 radical (unpaired) electrons. The molecular weight excluding hydrogens is 338 g/mol. The highest BCUT2D eigenvalue weighted by atomic mass is 79.9. The third kappa shape index (κ3) is 2.88. The molecule has 96 valence electrons. The highest BCUT2D eigenvalue weighted by Gasteiger charge is 2.17. The molecule has 0 aliphatic carbocycles. The van der Waals surface area contributed by atoms with Crippen LogP contribution < -0.4 is 4.72 Å². The van der Waals surface area contributed by atoms with E-state index in [4.69, 9.17) is 0 Å². The molecule has 0 aromatic carbocycles. The molecule has 2 aromatic heterocycles. The number of hydrogen-bond donors (Lipinski definition) is 1. The summed E-state index contributed by atoms with van der Waals surface area (Å²) >= 11 is 4.49. The van der Waals surface area contributed by atoms with Crippen LogP contribution in [-0.2, 0) is 10.0 Å². The van der Waals surface area contributed by atoms with Gasteiger partial charge in [-0.15, -0.1) is 11.3 Å². The van der Waals surface area contributed by atoms with Crippen molar-refractivity contribution >= 4 is 42.4 Å². The molecule has 0 atom stereocenters. The Bertz CT molecular complexity index is 663. The zero-order valence-corrected chi connectivity index (χ0v) is 12.9. The van der Waals surface area contributed by atoms with E-state index in [1.54, 1.807) is 0 Å². The molecule has 8 heteroatoms. The van der Waals surface area contributed by atoms with Gasteiger partial charge in [0.2, 0.25) is 0 Å². The van der Waals surface area contributed by atoms with Gasteiger partial charge in [0.05, 0.1) is 5.69 Å². The fourth-order valence-electron chi connectivity index (χ4n) is 1.23. The fraction of sp³-hybridized carbons (Fsp3) is 0.200. The van der Waals surface area contributed by atoms with E-state index < -0.39 is 10.0 Å². The van der Waals surface area contributed by atoms with Crippen molar-refractivity contribution in [1.82, 2.24) is 9.97 Å². The summed E-state index contributed by atoms with van der Waals surface area (Å²) in [5.41, 5.74) is 0.824. The highest BCUT2D eigenvalue weighted by molar-refractivity contribution is 9.10. The van der Waals surface area contributed by atoms with Gasteiger partial charge in [0, 0.05) is 21.7 Å². The van der Waals surface area contributed by atoms with Crippen molar-refractivity contribution in [1.29, 1.82) is 0 Å². The van der Waals surface area contributed by atoms with Crippen molar-refractivity contribution in [2.24, 2.45) is 0 Å². The van der Waals surface area contributed by atoms with Crippen LogP contribution in [0.15, 0.2) is 27.8 Å². The molecule has 1 N–H and O–H groups in total. The number of nitrogens with zero attached hydrogens (tertiary/aromatic N) is 2. The molecule has 0 aliphatic heterocycles. The van der Waals surface area contributed by atoms with Crippen LogP contribution in [0.4, 0.5) is 5.13 Å². The van der Waals surface area contributed by atoms with Crippen molar-refractivity contribution < 1.29 is 8.42 Å². The number of aryl methyl sites for hydroxylation is 2. The van der Waals surface area contributed by atoms with Gasteiger partial charge in [0.1, 0.15) is 4.90 Å². The first-order valence-electron chi connectivity index (χ1n) is 4.96. The SMILES string of the molecule is Cc1nc(NS(=O)(=O)c2cncc(Br)c2)sc1C. The van der Waals surface area contributed by atoms with Gasteiger partial charge in [-0.3, -0.25) is 9.71 Å². The lowest BCUT2D eigenvalue weighted by Crippen LogP contribution is -2.13. The van der Waals surface area contributed by atoms with Crippen LogP contribution >= 0.6 is 27.3 Å². The Kier molecular flexibility index (Phi) is 3.69. The zero-order chi connectivity index (χ0) is 13.3. The quantitative estimate of drug-likeness (QED) is 0.926. The Morgan fingerprint density at radius 3 is 2.61 bits per heavy atom. The first-order chi connectivity index (χ1) is 8.38. The molecule has 0 unspecified atom stereocenters. The summed E-state index contributed by atoms with van der Waals surface area (Å²) in [6, 6.07) is 1.49. The van der Waals surface area contributed by atoms with Crippen LogP contribution in [0.25, 0.3) is 0 Å². The monoisotopic (exact) mass is 347 g/mol. The van der Waals surface area contributed by atoms with Gasteiger partial charge in [-0.1, -0.05) is 0 Å². The number of aromatic nitrogens is 2. The van der Waals surface area contributed by atoms with E-state index in [1.165, 1.54) is 29.8 Å². The van der Waals surface area contributed by atoms with Crippen molar-refractivity contribution in [3.8, 4) is 0 Å². The third-order valence-corrected chi connectivity index (χ3v) is 5.10. The molecule has 0 aliphatic rings. The summed E-state index contributed by atoms with van der Waals surface area (Å²) in [4.78, 5) is 9.06. The van der Waals surface area contributed by atoms with Crippen molar-refractivity contribution in [2.75, 3.05) is 4.72 Å². The molecule has 2 heterocycles.